The molecule has 1 aliphatic carbocycles. The molecule has 0 aromatic carbocycles. The van der Waals surface area contributed by atoms with E-state index in [0.717, 1.165) is 6.42 Å². The predicted molar refractivity (Wildman–Crippen MR) is 46.2 cm³/mol. The van der Waals surface area contributed by atoms with Gasteiger partial charge in [0.05, 0.1) is 11.4 Å². The van der Waals surface area contributed by atoms with E-state index < -0.39 is 21.4 Å². The fourth-order valence-electron chi connectivity index (χ4n) is 0.967. The summed E-state index contributed by atoms with van der Waals surface area (Å²) in [6, 6.07) is -0.252. The van der Waals surface area contributed by atoms with Gasteiger partial charge in [-0.05, 0) is 26.7 Å². The Morgan fingerprint density at radius 2 is 2.00 bits per heavy atom. The molecule has 1 saturated carbocycles. The lowest BCUT2D eigenvalue weighted by atomic mass is 9.90. The van der Waals surface area contributed by atoms with Crippen molar-refractivity contribution < 1.29 is 13.5 Å². The maximum Gasteiger partial charge on any atom is 0.214 e. The van der Waals surface area contributed by atoms with E-state index in [1.807, 2.05) is 0 Å². The summed E-state index contributed by atoms with van der Waals surface area (Å²) in [7, 11) is -3.20. The minimum absolute atomic E-state index is 0.252. The molecule has 5 heteroatoms. The molecule has 0 aromatic heterocycles. The second-order valence-electron chi connectivity index (χ2n) is 3.46. The Morgan fingerprint density at radius 1 is 1.42 bits per heavy atom. The average Bonchev–Trinajstić information content (AvgIpc) is 1.97. The van der Waals surface area contributed by atoms with Crippen LogP contribution in [0.4, 0.5) is 0 Å². The first-order valence-electron chi connectivity index (χ1n) is 4.12. The molecule has 0 aliphatic heterocycles. The standard InChI is InChI=1S/C7H15NO3S/c1-5(2)12(10,11)8-6-3-4-7(6)9/h5-9H,3-4H2,1-2H3/t6-,7-/m1/s1. The largest absolute Gasteiger partial charge is 0.391 e. The highest BCUT2D eigenvalue weighted by atomic mass is 32.2. The van der Waals surface area contributed by atoms with Crippen molar-refractivity contribution in [2.75, 3.05) is 0 Å². The molecule has 0 spiro atoms. The zero-order valence-corrected chi connectivity index (χ0v) is 8.13. The summed E-state index contributed by atoms with van der Waals surface area (Å²) in [6.07, 6.45) is 0.955. The van der Waals surface area contributed by atoms with Crippen LogP contribution in [0.25, 0.3) is 0 Å². The molecule has 2 atom stereocenters. The van der Waals surface area contributed by atoms with Gasteiger partial charge in [-0.1, -0.05) is 0 Å². The van der Waals surface area contributed by atoms with Crippen molar-refractivity contribution in [2.45, 2.75) is 44.1 Å². The van der Waals surface area contributed by atoms with E-state index in [2.05, 4.69) is 4.72 Å². The maximum absolute atomic E-state index is 11.3. The van der Waals surface area contributed by atoms with Gasteiger partial charge in [-0.2, -0.15) is 0 Å². The monoisotopic (exact) mass is 193 g/mol. The second kappa shape index (κ2) is 3.32. The van der Waals surface area contributed by atoms with Crippen LogP contribution in [0.5, 0.6) is 0 Å². The Hall–Kier alpha value is -0.130. The topological polar surface area (TPSA) is 66.4 Å². The highest BCUT2D eigenvalue weighted by Crippen LogP contribution is 2.20. The lowest BCUT2D eigenvalue weighted by Crippen LogP contribution is -2.51. The van der Waals surface area contributed by atoms with Crippen LogP contribution in [-0.2, 0) is 10.0 Å². The van der Waals surface area contributed by atoms with Crippen molar-refractivity contribution >= 4 is 10.0 Å². The average molecular weight is 193 g/mol. The van der Waals surface area contributed by atoms with Crippen LogP contribution in [0.3, 0.4) is 0 Å². The Labute approximate surface area is 73.0 Å². The van der Waals surface area contributed by atoms with Crippen molar-refractivity contribution in [3.63, 3.8) is 0 Å². The first kappa shape index (κ1) is 9.95. The Balaban J connectivity index is 2.51. The van der Waals surface area contributed by atoms with E-state index in [1.54, 1.807) is 13.8 Å². The maximum atomic E-state index is 11.3. The van der Waals surface area contributed by atoms with Crippen LogP contribution < -0.4 is 4.72 Å². The summed E-state index contributed by atoms with van der Waals surface area (Å²) in [5.41, 5.74) is 0. The molecule has 2 N–H and O–H groups in total. The molecule has 1 aliphatic rings. The van der Waals surface area contributed by atoms with Gasteiger partial charge >= 0.3 is 0 Å². The molecule has 0 heterocycles. The highest BCUT2D eigenvalue weighted by Gasteiger charge is 2.33. The minimum atomic E-state index is -3.20. The Bertz CT molecular complexity index is 247. The van der Waals surface area contributed by atoms with Crippen LogP contribution in [0, 0.1) is 0 Å². The van der Waals surface area contributed by atoms with E-state index in [9.17, 15) is 8.42 Å². The van der Waals surface area contributed by atoms with Gasteiger partial charge in [-0.15, -0.1) is 0 Å². The van der Waals surface area contributed by atoms with Gasteiger partial charge in [0.1, 0.15) is 0 Å². The van der Waals surface area contributed by atoms with Crippen molar-refractivity contribution in [1.82, 2.24) is 4.72 Å². The van der Waals surface area contributed by atoms with Crippen LogP contribution in [-0.4, -0.2) is 30.9 Å². The highest BCUT2D eigenvalue weighted by molar-refractivity contribution is 7.90. The van der Waals surface area contributed by atoms with Gasteiger partial charge < -0.3 is 5.11 Å². The van der Waals surface area contributed by atoms with Gasteiger partial charge in [0, 0.05) is 6.04 Å². The fraction of sp³-hybridized carbons (Fsp3) is 1.00. The van der Waals surface area contributed by atoms with Gasteiger partial charge in [0.2, 0.25) is 10.0 Å². The third-order valence-electron chi connectivity index (χ3n) is 2.17. The molecule has 4 nitrogen and oxygen atoms in total. The number of hydrogen-bond donors (Lipinski definition) is 2. The van der Waals surface area contributed by atoms with Gasteiger partial charge in [-0.3, -0.25) is 0 Å². The molecule has 0 bridgehead atoms. The van der Waals surface area contributed by atoms with Crippen molar-refractivity contribution in [1.29, 1.82) is 0 Å². The summed E-state index contributed by atoms with van der Waals surface area (Å²) in [4.78, 5) is 0. The lowest BCUT2D eigenvalue weighted by Gasteiger charge is -2.33. The first-order chi connectivity index (χ1) is 5.43. The SMILES string of the molecule is CC(C)S(=O)(=O)N[C@@H]1CC[C@H]1O. The molecule has 12 heavy (non-hydrogen) atoms. The van der Waals surface area contributed by atoms with Crippen LogP contribution in [0.1, 0.15) is 26.7 Å². The van der Waals surface area contributed by atoms with Crippen LogP contribution in [0.15, 0.2) is 0 Å². The van der Waals surface area contributed by atoms with E-state index in [4.69, 9.17) is 5.11 Å². The molecule has 0 aromatic rings. The number of sulfonamides is 1. The number of rotatable bonds is 3. The van der Waals surface area contributed by atoms with E-state index in [1.165, 1.54) is 0 Å². The van der Waals surface area contributed by atoms with Crippen molar-refractivity contribution in [3.8, 4) is 0 Å². The number of aliphatic hydroxyl groups is 1. The van der Waals surface area contributed by atoms with Crippen LogP contribution in [0.2, 0.25) is 0 Å². The summed E-state index contributed by atoms with van der Waals surface area (Å²) >= 11 is 0. The van der Waals surface area contributed by atoms with Gasteiger partial charge in [0.15, 0.2) is 0 Å². The molecule has 0 unspecified atom stereocenters. The van der Waals surface area contributed by atoms with Gasteiger partial charge in [0.25, 0.3) is 0 Å². The third kappa shape index (κ3) is 1.97. The normalized spacial score (nSPS) is 30.3. The van der Waals surface area contributed by atoms with E-state index >= 15 is 0 Å². The molecule has 0 amide bonds. The second-order valence-corrected chi connectivity index (χ2v) is 5.73. The molecular formula is C7H15NO3S. The number of nitrogens with one attached hydrogen (secondary N) is 1. The summed E-state index contributed by atoms with van der Waals surface area (Å²) in [6.45, 7) is 3.24. The quantitative estimate of drug-likeness (QED) is 0.654. The van der Waals surface area contributed by atoms with Gasteiger partial charge in [-0.25, -0.2) is 13.1 Å². The lowest BCUT2D eigenvalue weighted by molar-refractivity contribution is 0.0611. The molecule has 0 saturated heterocycles. The number of aliphatic hydroxyl groups excluding tert-OH is 1. The van der Waals surface area contributed by atoms with Crippen LogP contribution >= 0.6 is 0 Å². The molecule has 0 radical (unpaired) electrons. The third-order valence-corrected chi connectivity index (χ3v) is 4.05. The summed E-state index contributed by atoms with van der Waals surface area (Å²) in [5, 5.41) is 8.70. The Morgan fingerprint density at radius 3 is 2.25 bits per heavy atom. The minimum Gasteiger partial charge on any atom is -0.391 e. The van der Waals surface area contributed by atoms with Crippen molar-refractivity contribution in [3.05, 3.63) is 0 Å². The zero-order valence-electron chi connectivity index (χ0n) is 7.32. The molecular weight excluding hydrogens is 178 g/mol. The zero-order chi connectivity index (χ0) is 9.35. The summed E-state index contributed by atoms with van der Waals surface area (Å²) < 4.78 is 25.0. The number of hydrogen-bond acceptors (Lipinski definition) is 3. The molecule has 1 rings (SSSR count). The van der Waals surface area contributed by atoms with E-state index in [0.29, 0.717) is 6.42 Å². The fourth-order valence-corrected chi connectivity index (χ4v) is 1.94. The van der Waals surface area contributed by atoms with E-state index in [-0.39, 0.29) is 6.04 Å². The predicted octanol–water partition coefficient (Wildman–Crippen LogP) is -0.163. The molecule has 72 valence electrons. The summed E-state index contributed by atoms with van der Waals surface area (Å²) in [5.74, 6) is 0. The van der Waals surface area contributed by atoms with Crippen molar-refractivity contribution in [2.24, 2.45) is 0 Å². The Kier molecular flexibility index (Phi) is 2.75. The molecule has 1 fully saturated rings. The smallest absolute Gasteiger partial charge is 0.214 e. The first-order valence-corrected chi connectivity index (χ1v) is 5.67.